The van der Waals surface area contributed by atoms with Crippen LogP contribution in [0.25, 0.3) is 45.2 Å². The van der Waals surface area contributed by atoms with Crippen LogP contribution < -0.4 is 0 Å². The molecule has 6 rings (SSSR count). The fourth-order valence-electron chi connectivity index (χ4n) is 5.19. The molecule has 0 heterocycles. The van der Waals surface area contributed by atoms with Gasteiger partial charge in [-0.2, -0.15) is 0 Å². The largest absolute Gasteiger partial charge is 0.0622 e. The van der Waals surface area contributed by atoms with Crippen molar-refractivity contribution in [2.75, 3.05) is 0 Å². The molecule has 0 saturated heterocycles. The highest BCUT2D eigenvalue weighted by atomic mass is 14.4. The standard InChI is InChI=1S/C33H26/c1-33(2)31-11-7-6-10-29(31)30-19-18-28(22-32(30)33)27-17-16-25-20-24(14-15-26(25)21-27)13-12-23-8-4-3-5-9-23/h3-22H,1-2H3/b13-12+. The Labute approximate surface area is 195 Å². The average molecular weight is 423 g/mol. The summed E-state index contributed by atoms with van der Waals surface area (Å²) in [4.78, 5) is 0. The summed E-state index contributed by atoms with van der Waals surface area (Å²) >= 11 is 0. The van der Waals surface area contributed by atoms with Crippen molar-refractivity contribution in [3.05, 3.63) is 131 Å². The van der Waals surface area contributed by atoms with Gasteiger partial charge in [-0.1, -0.05) is 117 Å². The van der Waals surface area contributed by atoms with E-state index in [1.807, 2.05) is 6.07 Å². The van der Waals surface area contributed by atoms with Crippen molar-refractivity contribution in [2.24, 2.45) is 0 Å². The zero-order chi connectivity index (χ0) is 22.4. The minimum absolute atomic E-state index is 0.0266. The van der Waals surface area contributed by atoms with Gasteiger partial charge < -0.3 is 0 Å². The van der Waals surface area contributed by atoms with Gasteiger partial charge in [-0.15, -0.1) is 0 Å². The predicted octanol–water partition coefficient (Wildman–Crippen LogP) is 8.98. The molecule has 0 spiro atoms. The third kappa shape index (κ3) is 3.39. The third-order valence-corrected chi connectivity index (χ3v) is 7.05. The lowest BCUT2D eigenvalue weighted by Crippen LogP contribution is -2.14. The SMILES string of the molecule is CC1(C)c2ccccc2-c2ccc(-c3ccc4cc(/C=C/c5ccccc5)ccc4c3)cc21. The summed E-state index contributed by atoms with van der Waals surface area (Å²) in [7, 11) is 0. The highest BCUT2D eigenvalue weighted by Crippen LogP contribution is 2.49. The van der Waals surface area contributed by atoms with Crippen molar-refractivity contribution in [2.45, 2.75) is 19.3 Å². The van der Waals surface area contributed by atoms with E-state index in [1.54, 1.807) is 0 Å². The number of hydrogen-bond acceptors (Lipinski definition) is 0. The van der Waals surface area contributed by atoms with Gasteiger partial charge >= 0.3 is 0 Å². The van der Waals surface area contributed by atoms with Crippen LogP contribution in [-0.4, -0.2) is 0 Å². The first-order valence-electron chi connectivity index (χ1n) is 11.6. The smallest absolute Gasteiger partial charge is 0.0159 e. The van der Waals surface area contributed by atoms with E-state index in [2.05, 4.69) is 129 Å². The molecular weight excluding hydrogens is 396 g/mol. The van der Waals surface area contributed by atoms with Crippen molar-refractivity contribution < 1.29 is 0 Å². The minimum Gasteiger partial charge on any atom is -0.0622 e. The first-order valence-corrected chi connectivity index (χ1v) is 11.6. The van der Waals surface area contributed by atoms with Crippen LogP contribution in [0.2, 0.25) is 0 Å². The number of fused-ring (bicyclic) bond motifs is 4. The highest BCUT2D eigenvalue weighted by Gasteiger charge is 2.35. The lowest BCUT2D eigenvalue weighted by Gasteiger charge is -2.22. The summed E-state index contributed by atoms with van der Waals surface area (Å²) in [5.74, 6) is 0. The van der Waals surface area contributed by atoms with E-state index in [0.29, 0.717) is 0 Å². The van der Waals surface area contributed by atoms with Crippen LogP contribution in [0.1, 0.15) is 36.1 Å². The highest BCUT2D eigenvalue weighted by molar-refractivity contribution is 5.91. The van der Waals surface area contributed by atoms with E-state index in [4.69, 9.17) is 0 Å². The van der Waals surface area contributed by atoms with Gasteiger partial charge in [-0.25, -0.2) is 0 Å². The van der Waals surface area contributed by atoms with E-state index in [1.165, 1.54) is 55.3 Å². The fraction of sp³-hybridized carbons (Fsp3) is 0.0909. The van der Waals surface area contributed by atoms with Gasteiger partial charge in [-0.05, 0) is 73.5 Å². The molecule has 0 unspecified atom stereocenters. The molecule has 1 aliphatic carbocycles. The Bertz CT molecular complexity index is 1520. The predicted molar refractivity (Wildman–Crippen MR) is 142 cm³/mol. The molecule has 0 aromatic heterocycles. The number of rotatable bonds is 3. The second-order valence-corrected chi connectivity index (χ2v) is 9.50. The molecule has 5 aromatic rings. The lowest BCUT2D eigenvalue weighted by atomic mass is 9.81. The average Bonchev–Trinajstić information content (AvgIpc) is 3.09. The summed E-state index contributed by atoms with van der Waals surface area (Å²) in [6.45, 7) is 4.68. The zero-order valence-electron chi connectivity index (χ0n) is 19.0. The Balaban J connectivity index is 1.35. The molecule has 0 saturated carbocycles. The molecule has 158 valence electrons. The summed E-state index contributed by atoms with van der Waals surface area (Å²) in [6, 6.07) is 39.8. The Kier molecular flexibility index (Phi) is 4.55. The maximum Gasteiger partial charge on any atom is 0.0159 e. The molecule has 0 fully saturated rings. The van der Waals surface area contributed by atoms with E-state index in [0.717, 1.165) is 0 Å². The van der Waals surface area contributed by atoms with Gasteiger partial charge in [0.2, 0.25) is 0 Å². The van der Waals surface area contributed by atoms with Gasteiger partial charge in [0.05, 0.1) is 0 Å². The summed E-state index contributed by atoms with van der Waals surface area (Å²) in [6.07, 6.45) is 4.35. The van der Waals surface area contributed by atoms with Crippen molar-refractivity contribution in [1.29, 1.82) is 0 Å². The van der Waals surface area contributed by atoms with Crippen molar-refractivity contribution in [3.8, 4) is 22.3 Å². The molecule has 0 atom stereocenters. The minimum atomic E-state index is 0.0266. The molecule has 1 aliphatic rings. The maximum absolute atomic E-state index is 2.40. The second kappa shape index (κ2) is 7.60. The van der Waals surface area contributed by atoms with Crippen LogP contribution in [0.3, 0.4) is 0 Å². The molecule has 0 bridgehead atoms. The van der Waals surface area contributed by atoms with Crippen molar-refractivity contribution in [1.82, 2.24) is 0 Å². The fourth-order valence-corrected chi connectivity index (χ4v) is 5.19. The van der Waals surface area contributed by atoms with Gasteiger partial charge in [0.1, 0.15) is 0 Å². The molecule has 0 heteroatoms. The Morgan fingerprint density at radius 2 is 1.12 bits per heavy atom. The van der Waals surface area contributed by atoms with Crippen LogP contribution in [0.5, 0.6) is 0 Å². The van der Waals surface area contributed by atoms with Crippen LogP contribution in [-0.2, 0) is 5.41 Å². The molecule has 0 N–H and O–H groups in total. The van der Waals surface area contributed by atoms with Crippen molar-refractivity contribution in [3.63, 3.8) is 0 Å². The molecule has 33 heavy (non-hydrogen) atoms. The van der Waals surface area contributed by atoms with Crippen molar-refractivity contribution >= 4 is 22.9 Å². The van der Waals surface area contributed by atoms with Crippen LogP contribution in [0, 0.1) is 0 Å². The zero-order valence-corrected chi connectivity index (χ0v) is 19.0. The Morgan fingerprint density at radius 1 is 0.485 bits per heavy atom. The molecule has 0 nitrogen and oxygen atoms in total. The van der Waals surface area contributed by atoms with E-state index in [-0.39, 0.29) is 5.41 Å². The quantitative estimate of drug-likeness (QED) is 0.254. The monoisotopic (exact) mass is 422 g/mol. The molecule has 0 amide bonds. The lowest BCUT2D eigenvalue weighted by molar-refractivity contribution is 0.660. The third-order valence-electron chi connectivity index (χ3n) is 7.05. The van der Waals surface area contributed by atoms with Crippen LogP contribution in [0.4, 0.5) is 0 Å². The van der Waals surface area contributed by atoms with E-state index >= 15 is 0 Å². The topological polar surface area (TPSA) is 0 Å². The van der Waals surface area contributed by atoms with E-state index < -0.39 is 0 Å². The van der Waals surface area contributed by atoms with Gasteiger partial charge in [0.25, 0.3) is 0 Å². The molecule has 0 radical (unpaired) electrons. The normalized spacial score (nSPS) is 13.9. The van der Waals surface area contributed by atoms with Gasteiger partial charge in [-0.3, -0.25) is 0 Å². The Hall–Kier alpha value is -3.90. The summed E-state index contributed by atoms with van der Waals surface area (Å²) < 4.78 is 0. The van der Waals surface area contributed by atoms with E-state index in [9.17, 15) is 0 Å². The summed E-state index contributed by atoms with van der Waals surface area (Å²) in [5.41, 5.74) is 10.6. The van der Waals surface area contributed by atoms with Gasteiger partial charge in [0.15, 0.2) is 0 Å². The Morgan fingerprint density at radius 3 is 2.00 bits per heavy atom. The molecule has 5 aromatic carbocycles. The first kappa shape index (κ1) is 19.8. The maximum atomic E-state index is 2.40. The first-order chi connectivity index (χ1) is 16.1. The number of benzene rings is 5. The second-order valence-electron chi connectivity index (χ2n) is 9.50. The molecular formula is C33H26. The van der Waals surface area contributed by atoms with Crippen LogP contribution >= 0.6 is 0 Å². The molecule has 0 aliphatic heterocycles. The van der Waals surface area contributed by atoms with Gasteiger partial charge in [0, 0.05) is 5.41 Å². The number of hydrogen-bond donors (Lipinski definition) is 0. The summed E-state index contributed by atoms with van der Waals surface area (Å²) in [5, 5.41) is 2.54. The van der Waals surface area contributed by atoms with Crippen LogP contribution in [0.15, 0.2) is 109 Å².